The number of rotatable bonds is 4. The monoisotopic (exact) mass is 298 g/mol. The van der Waals surface area contributed by atoms with Crippen LogP contribution in [-0.2, 0) is 16.1 Å². The molecule has 20 heavy (non-hydrogen) atoms. The molecule has 0 aliphatic carbocycles. The highest BCUT2D eigenvalue weighted by Crippen LogP contribution is 2.22. The number of amides is 1. The van der Waals surface area contributed by atoms with Crippen LogP contribution in [0.1, 0.15) is 30.3 Å². The second kappa shape index (κ2) is 6.31. The van der Waals surface area contributed by atoms with Gasteiger partial charge in [-0.1, -0.05) is 18.5 Å². The Hall–Kier alpha value is -1.49. The number of hydrogen-bond acceptors (Lipinski definition) is 3. The van der Waals surface area contributed by atoms with E-state index in [0.717, 1.165) is 13.0 Å². The van der Waals surface area contributed by atoms with Crippen molar-refractivity contribution in [3.8, 4) is 0 Å². The molecule has 2 heterocycles. The predicted octanol–water partition coefficient (Wildman–Crippen LogP) is 2.19. The van der Waals surface area contributed by atoms with E-state index in [1.165, 1.54) is 7.11 Å². The first-order chi connectivity index (χ1) is 9.56. The molecular formula is C14H19ClN2O3. The minimum atomic E-state index is -0.248. The third-order valence-electron chi connectivity index (χ3n) is 3.56. The molecule has 0 N–H and O–H groups in total. The molecule has 1 aliphatic rings. The Bertz CT molecular complexity index is 513. The summed E-state index contributed by atoms with van der Waals surface area (Å²) in [5.74, 6) is -0.534. The molecule has 0 spiro atoms. The lowest BCUT2D eigenvalue weighted by Gasteiger charge is -2.17. The molecule has 1 amide bonds. The van der Waals surface area contributed by atoms with E-state index in [9.17, 15) is 9.59 Å². The van der Waals surface area contributed by atoms with Crippen LogP contribution >= 0.6 is 11.6 Å². The quantitative estimate of drug-likeness (QED) is 0.801. The molecule has 110 valence electrons. The topological polar surface area (TPSA) is 51.5 Å². The Labute approximate surface area is 123 Å². The maximum Gasteiger partial charge on any atom is 0.310 e. The summed E-state index contributed by atoms with van der Waals surface area (Å²) >= 11 is 5.99. The van der Waals surface area contributed by atoms with Crippen molar-refractivity contribution in [1.29, 1.82) is 0 Å². The van der Waals surface area contributed by atoms with Gasteiger partial charge in [0.2, 0.25) is 0 Å². The van der Waals surface area contributed by atoms with Crippen LogP contribution in [0.25, 0.3) is 0 Å². The van der Waals surface area contributed by atoms with Crippen LogP contribution in [0.2, 0.25) is 5.02 Å². The molecule has 1 fully saturated rings. The number of methoxy groups -OCH3 is 1. The predicted molar refractivity (Wildman–Crippen MR) is 75.8 cm³/mol. The van der Waals surface area contributed by atoms with Gasteiger partial charge in [-0.2, -0.15) is 0 Å². The van der Waals surface area contributed by atoms with E-state index in [0.29, 0.717) is 30.2 Å². The maximum atomic E-state index is 12.5. The van der Waals surface area contributed by atoms with Crippen LogP contribution in [0.3, 0.4) is 0 Å². The molecule has 5 nitrogen and oxygen atoms in total. The molecule has 1 saturated heterocycles. The van der Waals surface area contributed by atoms with Crippen LogP contribution in [0.4, 0.5) is 0 Å². The molecule has 1 aromatic heterocycles. The van der Waals surface area contributed by atoms with Crippen molar-refractivity contribution >= 4 is 23.5 Å². The standard InChI is InChI=1S/C14H19ClN2O3/c1-3-5-16-9-11(15)7-12(16)13(18)17-6-4-10(8-17)14(19)20-2/h7,9-10H,3-6,8H2,1-2H3. The zero-order chi connectivity index (χ0) is 14.7. The Morgan fingerprint density at radius 3 is 2.90 bits per heavy atom. The fourth-order valence-corrected chi connectivity index (χ4v) is 2.77. The minimum Gasteiger partial charge on any atom is -0.469 e. The van der Waals surface area contributed by atoms with Crippen molar-refractivity contribution in [3.05, 3.63) is 23.0 Å². The molecular weight excluding hydrogens is 280 g/mol. The largest absolute Gasteiger partial charge is 0.469 e. The summed E-state index contributed by atoms with van der Waals surface area (Å²) in [6.45, 7) is 3.79. The highest BCUT2D eigenvalue weighted by molar-refractivity contribution is 6.31. The van der Waals surface area contributed by atoms with Crippen LogP contribution in [0, 0.1) is 5.92 Å². The van der Waals surface area contributed by atoms with E-state index >= 15 is 0 Å². The fourth-order valence-electron chi connectivity index (χ4n) is 2.55. The molecule has 1 unspecified atom stereocenters. The number of carbonyl (C=O) groups excluding carboxylic acids is 2. The number of aromatic nitrogens is 1. The van der Waals surface area contributed by atoms with Crippen molar-refractivity contribution in [2.24, 2.45) is 5.92 Å². The Morgan fingerprint density at radius 2 is 2.25 bits per heavy atom. The highest BCUT2D eigenvalue weighted by Gasteiger charge is 2.33. The first-order valence-corrected chi connectivity index (χ1v) is 7.17. The van der Waals surface area contributed by atoms with Crippen molar-refractivity contribution in [3.63, 3.8) is 0 Å². The SMILES string of the molecule is CCCn1cc(Cl)cc1C(=O)N1CCC(C(=O)OC)C1. The number of ether oxygens (including phenoxy) is 1. The first kappa shape index (κ1) is 14.9. The van der Waals surface area contributed by atoms with Crippen LogP contribution in [0.15, 0.2) is 12.3 Å². The molecule has 0 aromatic carbocycles. The van der Waals surface area contributed by atoms with Crippen molar-refractivity contribution < 1.29 is 14.3 Å². The van der Waals surface area contributed by atoms with Crippen molar-refractivity contribution in [2.45, 2.75) is 26.3 Å². The second-order valence-electron chi connectivity index (χ2n) is 5.00. The smallest absolute Gasteiger partial charge is 0.310 e. The summed E-state index contributed by atoms with van der Waals surface area (Å²) in [7, 11) is 1.37. The van der Waals surface area contributed by atoms with Gasteiger partial charge in [0.25, 0.3) is 5.91 Å². The van der Waals surface area contributed by atoms with Gasteiger partial charge in [0.05, 0.1) is 18.1 Å². The average molecular weight is 299 g/mol. The molecule has 0 radical (unpaired) electrons. The number of carbonyl (C=O) groups is 2. The summed E-state index contributed by atoms with van der Waals surface area (Å²) < 4.78 is 6.60. The van der Waals surface area contributed by atoms with Crippen LogP contribution < -0.4 is 0 Å². The summed E-state index contributed by atoms with van der Waals surface area (Å²) in [6, 6.07) is 1.69. The van der Waals surface area contributed by atoms with E-state index in [2.05, 4.69) is 0 Å². The summed E-state index contributed by atoms with van der Waals surface area (Å²) in [5, 5.41) is 0.561. The van der Waals surface area contributed by atoms with Gasteiger partial charge in [0.15, 0.2) is 0 Å². The van der Waals surface area contributed by atoms with Gasteiger partial charge in [-0.25, -0.2) is 0 Å². The van der Waals surface area contributed by atoms with Crippen molar-refractivity contribution in [1.82, 2.24) is 9.47 Å². The lowest BCUT2D eigenvalue weighted by molar-refractivity contribution is -0.144. The van der Waals surface area contributed by atoms with Gasteiger partial charge in [-0.05, 0) is 18.9 Å². The van der Waals surface area contributed by atoms with E-state index in [1.807, 2.05) is 11.5 Å². The van der Waals surface area contributed by atoms with Gasteiger partial charge < -0.3 is 14.2 Å². The maximum absolute atomic E-state index is 12.5. The first-order valence-electron chi connectivity index (χ1n) is 6.79. The summed E-state index contributed by atoms with van der Waals surface area (Å²) in [4.78, 5) is 25.7. The van der Waals surface area contributed by atoms with Gasteiger partial charge in [-0.15, -0.1) is 0 Å². The molecule has 2 rings (SSSR count). The molecule has 1 aromatic rings. The summed E-state index contributed by atoms with van der Waals surface area (Å²) in [5.41, 5.74) is 0.586. The number of likely N-dealkylation sites (tertiary alicyclic amines) is 1. The van der Waals surface area contributed by atoms with Crippen LogP contribution in [0.5, 0.6) is 0 Å². The molecule has 1 atom stereocenters. The van der Waals surface area contributed by atoms with E-state index in [4.69, 9.17) is 16.3 Å². The van der Waals surface area contributed by atoms with Crippen LogP contribution in [-0.4, -0.2) is 41.5 Å². The Kier molecular flexibility index (Phi) is 4.70. The van der Waals surface area contributed by atoms with Gasteiger partial charge >= 0.3 is 5.97 Å². The zero-order valence-corrected chi connectivity index (χ0v) is 12.5. The number of nitrogens with zero attached hydrogens (tertiary/aromatic N) is 2. The van der Waals surface area contributed by atoms with E-state index < -0.39 is 0 Å². The third-order valence-corrected chi connectivity index (χ3v) is 3.76. The molecule has 1 aliphatic heterocycles. The van der Waals surface area contributed by atoms with Gasteiger partial charge in [0.1, 0.15) is 5.69 Å². The highest BCUT2D eigenvalue weighted by atomic mass is 35.5. The third kappa shape index (κ3) is 2.98. The Morgan fingerprint density at radius 1 is 1.50 bits per heavy atom. The lowest BCUT2D eigenvalue weighted by Crippen LogP contribution is -2.31. The summed E-state index contributed by atoms with van der Waals surface area (Å²) in [6.07, 6.45) is 3.35. The molecule has 6 heteroatoms. The number of hydrogen-bond donors (Lipinski definition) is 0. The number of halogens is 1. The van der Waals surface area contributed by atoms with Gasteiger partial charge in [0, 0.05) is 25.8 Å². The number of aryl methyl sites for hydroxylation is 1. The molecule has 0 bridgehead atoms. The lowest BCUT2D eigenvalue weighted by atomic mass is 10.1. The Balaban J connectivity index is 2.11. The zero-order valence-electron chi connectivity index (χ0n) is 11.8. The van der Waals surface area contributed by atoms with Crippen molar-refractivity contribution in [2.75, 3.05) is 20.2 Å². The minimum absolute atomic E-state index is 0.0725. The fraction of sp³-hybridized carbons (Fsp3) is 0.571. The normalized spacial score (nSPS) is 18.4. The second-order valence-corrected chi connectivity index (χ2v) is 5.43. The number of esters is 1. The molecule has 0 saturated carbocycles. The van der Waals surface area contributed by atoms with E-state index in [-0.39, 0.29) is 17.8 Å². The van der Waals surface area contributed by atoms with E-state index in [1.54, 1.807) is 17.2 Å². The van der Waals surface area contributed by atoms with Gasteiger partial charge in [-0.3, -0.25) is 9.59 Å². The average Bonchev–Trinajstić information content (AvgIpc) is 3.04.